The van der Waals surface area contributed by atoms with Gasteiger partial charge in [-0.2, -0.15) is 0 Å². The van der Waals surface area contributed by atoms with Crippen LogP contribution in [-0.2, 0) is 7.05 Å². The lowest BCUT2D eigenvalue weighted by molar-refractivity contribution is -0.671. The van der Waals surface area contributed by atoms with E-state index >= 15 is 0 Å². The minimum Gasteiger partial charge on any atom is -0.240 e. The van der Waals surface area contributed by atoms with E-state index in [0.717, 1.165) is 0 Å². The predicted molar refractivity (Wildman–Crippen MR) is 188 cm³/mol. The molecule has 246 valence electrons. The summed E-state index contributed by atoms with van der Waals surface area (Å²) < 4.78 is 4.71. The molecule has 0 radical (unpaired) electrons. The molecule has 1 heterocycles. The van der Waals surface area contributed by atoms with Crippen LogP contribution in [0, 0.1) is 0 Å². The van der Waals surface area contributed by atoms with Gasteiger partial charge >= 0.3 is 0 Å². The number of nitrogens with zero attached hydrogens (tertiary/aromatic N) is 2. The van der Waals surface area contributed by atoms with Crippen molar-refractivity contribution in [2.24, 2.45) is 7.05 Å². The number of allylic oxidation sites excluding steroid dienone is 2. The fourth-order valence-electron chi connectivity index (χ4n) is 6.51. The van der Waals surface area contributed by atoms with Gasteiger partial charge in [0.1, 0.15) is 18.4 Å². The van der Waals surface area contributed by atoms with Gasteiger partial charge in [-0.3, -0.25) is 0 Å². The minimum absolute atomic E-state index is 0.699. The van der Waals surface area contributed by atoms with E-state index in [1.807, 2.05) is 0 Å². The molecule has 0 aromatic carbocycles. The van der Waals surface area contributed by atoms with Crippen molar-refractivity contribution < 1.29 is 4.57 Å². The molecule has 1 atom stereocenters. The zero-order chi connectivity index (χ0) is 30.2. The summed E-state index contributed by atoms with van der Waals surface area (Å²) in [6.07, 6.45) is 55.7. The molecular formula is C40H77N2+. The zero-order valence-corrected chi connectivity index (χ0v) is 29.3. The molecule has 0 amide bonds. The molecule has 0 bridgehead atoms. The maximum atomic E-state index is 2.50. The first-order valence-corrected chi connectivity index (χ1v) is 19.5. The van der Waals surface area contributed by atoms with Crippen LogP contribution >= 0.6 is 0 Å². The third-order valence-electron chi connectivity index (χ3n) is 9.40. The second-order valence-corrected chi connectivity index (χ2v) is 13.6. The van der Waals surface area contributed by atoms with Crippen LogP contribution in [0.3, 0.4) is 0 Å². The highest BCUT2D eigenvalue weighted by atomic mass is 15.1. The molecular weight excluding hydrogens is 508 g/mol. The lowest BCUT2D eigenvalue weighted by atomic mass is 9.99. The molecule has 0 fully saturated rings. The zero-order valence-electron chi connectivity index (χ0n) is 29.3. The smallest absolute Gasteiger partial charge is 0.240 e. The Morgan fingerprint density at radius 2 is 0.810 bits per heavy atom. The molecule has 1 aromatic heterocycles. The number of unbranched alkanes of at least 4 members (excludes halogenated alkanes) is 26. The van der Waals surface area contributed by atoms with Gasteiger partial charge in [-0.1, -0.05) is 174 Å². The molecule has 0 spiro atoms. The van der Waals surface area contributed by atoms with E-state index < -0.39 is 0 Å². The van der Waals surface area contributed by atoms with Gasteiger partial charge in [0.2, 0.25) is 6.33 Å². The third-order valence-corrected chi connectivity index (χ3v) is 9.40. The third kappa shape index (κ3) is 25.4. The first kappa shape index (κ1) is 39.0. The van der Waals surface area contributed by atoms with Crippen LogP contribution < -0.4 is 4.57 Å². The Bertz CT molecular complexity index is 675. The molecule has 0 aliphatic carbocycles. The van der Waals surface area contributed by atoms with E-state index in [1.54, 1.807) is 0 Å². The van der Waals surface area contributed by atoms with Crippen molar-refractivity contribution in [1.82, 2.24) is 4.57 Å². The molecule has 0 saturated carbocycles. The van der Waals surface area contributed by atoms with Crippen LogP contribution in [0.1, 0.15) is 219 Å². The predicted octanol–water partition coefficient (Wildman–Crippen LogP) is 13.5. The maximum Gasteiger partial charge on any atom is 0.243 e. The van der Waals surface area contributed by atoms with Crippen LogP contribution in [0.25, 0.3) is 0 Å². The van der Waals surface area contributed by atoms with Gasteiger partial charge in [-0.25, -0.2) is 9.13 Å². The maximum absolute atomic E-state index is 2.50. The monoisotopic (exact) mass is 586 g/mol. The molecule has 0 saturated heterocycles. The minimum atomic E-state index is 0.699. The van der Waals surface area contributed by atoms with Crippen LogP contribution in [-0.4, -0.2) is 4.57 Å². The van der Waals surface area contributed by atoms with Crippen LogP contribution in [0.15, 0.2) is 30.9 Å². The molecule has 2 nitrogen and oxygen atoms in total. The van der Waals surface area contributed by atoms with Crippen LogP contribution in [0.4, 0.5) is 0 Å². The molecule has 1 aromatic rings. The van der Waals surface area contributed by atoms with E-state index in [0.29, 0.717) is 6.04 Å². The molecule has 1 unspecified atom stereocenters. The van der Waals surface area contributed by atoms with Gasteiger partial charge in [-0.15, -0.1) is 0 Å². The summed E-state index contributed by atoms with van der Waals surface area (Å²) in [5.41, 5.74) is 0. The number of aromatic nitrogens is 2. The van der Waals surface area contributed by atoms with Crippen molar-refractivity contribution in [3.8, 4) is 0 Å². The highest BCUT2D eigenvalue weighted by Gasteiger charge is 2.15. The normalized spacial score (nSPS) is 12.5. The Kier molecular flexibility index (Phi) is 29.1. The van der Waals surface area contributed by atoms with Crippen molar-refractivity contribution in [1.29, 1.82) is 0 Å². The van der Waals surface area contributed by atoms with Gasteiger partial charge in [0.25, 0.3) is 0 Å². The highest BCUT2D eigenvalue weighted by molar-refractivity contribution is 4.81. The standard InChI is InChI=1S/C40H77N2/c1-4-6-8-10-12-14-16-18-20-22-24-26-28-30-32-34-36-40(42-38-37-41(3)39-42)35-33-31-29-27-25-23-21-19-17-15-13-11-9-7-5-2/h17,19,37-40H,4-16,18,20-36H2,1-3H3/q+1/b19-17+. The van der Waals surface area contributed by atoms with Gasteiger partial charge < -0.3 is 0 Å². The van der Waals surface area contributed by atoms with Gasteiger partial charge in [0.05, 0.1) is 7.05 Å². The Balaban J connectivity index is 1.99. The Morgan fingerprint density at radius 1 is 0.476 bits per heavy atom. The fraction of sp³-hybridized carbons (Fsp3) is 0.875. The van der Waals surface area contributed by atoms with E-state index in [9.17, 15) is 0 Å². The summed E-state index contributed by atoms with van der Waals surface area (Å²) in [7, 11) is 2.16. The average molecular weight is 586 g/mol. The Hall–Kier alpha value is -1.05. The Labute approximate surface area is 265 Å². The van der Waals surface area contributed by atoms with Gasteiger partial charge in [0.15, 0.2) is 0 Å². The number of imidazole rings is 1. The summed E-state index contributed by atoms with van der Waals surface area (Å²) in [5.74, 6) is 0. The first-order valence-electron chi connectivity index (χ1n) is 19.5. The second kappa shape index (κ2) is 31.4. The molecule has 42 heavy (non-hydrogen) atoms. The number of aryl methyl sites for hydroxylation is 1. The SMILES string of the molecule is CCCCCCC/C=C/CCCCCCCCC(CCCCCCCCCCCCCCCCCC)n1cc[n+](C)c1. The van der Waals surface area contributed by atoms with Crippen molar-refractivity contribution in [2.75, 3.05) is 0 Å². The molecule has 0 aliphatic rings. The van der Waals surface area contributed by atoms with Crippen LogP contribution in [0.5, 0.6) is 0 Å². The molecule has 0 N–H and O–H groups in total. The van der Waals surface area contributed by atoms with Crippen LogP contribution in [0.2, 0.25) is 0 Å². The highest BCUT2D eigenvalue weighted by Crippen LogP contribution is 2.24. The average Bonchev–Trinajstić information content (AvgIpc) is 3.43. The van der Waals surface area contributed by atoms with E-state index in [2.05, 4.69) is 60.9 Å². The topological polar surface area (TPSA) is 8.81 Å². The van der Waals surface area contributed by atoms with E-state index in [4.69, 9.17) is 0 Å². The molecule has 0 aliphatic heterocycles. The van der Waals surface area contributed by atoms with Crippen molar-refractivity contribution >= 4 is 0 Å². The van der Waals surface area contributed by atoms with Crippen molar-refractivity contribution in [3.05, 3.63) is 30.9 Å². The quantitative estimate of drug-likeness (QED) is 0.0440. The second-order valence-electron chi connectivity index (χ2n) is 13.6. The van der Waals surface area contributed by atoms with E-state index in [-0.39, 0.29) is 0 Å². The van der Waals surface area contributed by atoms with Crippen molar-refractivity contribution in [2.45, 2.75) is 219 Å². The summed E-state index contributed by atoms with van der Waals surface area (Å²) in [5, 5.41) is 0. The summed E-state index contributed by atoms with van der Waals surface area (Å²) in [6.45, 7) is 4.60. The van der Waals surface area contributed by atoms with Gasteiger partial charge in [-0.05, 0) is 51.4 Å². The largest absolute Gasteiger partial charge is 0.243 e. The summed E-state index contributed by atoms with van der Waals surface area (Å²) in [4.78, 5) is 0. The first-order chi connectivity index (χ1) is 20.8. The number of hydrogen-bond acceptors (Lipinski definition) is 0. The van der Waals surface area contributed by atoms with Gasteiger partial charge in [0, 0.05) is 0 Å². The Morgan fingerprint density at radius 3 is 1.14 bits per heavy atom. The molecule has 1 rings (SSSR count). The summed E-state index contributed by atoms with van der Waals surface area (Å²) in [6, 6.07) is 0.699. The van der Waals surface area contributed by atoms with Crippen molar-refractivity contribution in [3.63, 3.8) is 0 Å². The van der Waals surface area contributed by atoms with E-state index in [1.165, 1.54) is 199 Å². The molecule has 2 heteroatoms. The number of rotatable bonds is 33. The summed E-state index contributed by atoms with van der Waals surface area (Å²) >= 11 is 0. The number of hydrogen-bond donors (Lipinski definition) is 0. The fourth-order valence-corrected chi connectivity index (χ4v) is 6.51. The lowest BCUT2D eigenvalue weighted by Crippen LogP contribution is -2.24. The lowest BCUT2D eigenvalue weighted by Gasteiger charge is -2.14.